The van der Waals surface area contributed by atoms with Crippen molar-refractivity contribution in [3.63, 3.8) is 0 Å². The van der Waals surface area contributed by atoms with Gasteiger partial charge in [0.05, 0.1) is 29.8 Å². The molecule has 2 aromatic heterocycles. The van der Waals surface area contributed by atoms with Crippen LogP contribution in [0.3, 0.4) is 0 Å². The Kier molecular flexibility index (Phi) is 5.19. The highest BCUT2D eigenvalue weighted by Crippen LogP contribution is 2.21. The van der Waals surface area contributed by atoms with E-state index in [0.29, 0.717) is 36.9 Å². The van der Waals surface area contributed by atoms with Crippen LogP contribution in [0.25, 0.3) is 11.0 Å². The number of fused-ring (bicyclic) bond motifs is 1. The van der Waals surface area contributed by atoms with Crippen molar-refractivity contribution >= 4 is 11.0 Å². The topological polar surface area (TPSA) is 87.1 Å². The molecule has 1 aliphatic heterocycles. The number of methoxy groups -OCH3 is 1. The van der Waals surface area contributed by atoms with E-state index in [0.717, 1.165) is 16.6 Å². The first-order valence-corrected chi connectivity index (χ1v) is 9.00. The minimum Gasteiger partial charge on any atom is -0.481 e. The lowest BCUT2D eigenvalue weighted by atomic mass is 10.2. The van der Waals surface area contributed by atoms with Crippen molar-refractivity contribution in [1.82, 2.24) is 19.9 Å². The van der Waals surface area contributed by atoms with E-state index in [1.807, 2.05) is 11.0 Å². The molecule has 1 fully saturated rings. The van der Waals surface area contributed by atoms with Crippen molar-refractivity contribution in [2.75, 3.05) is 20.2 Å². The number of nitriles is 1. The molecule has 1 aliphatic rings. The number of H-pyrrole nitrogens is 1. The molecule has 2 unspecified atom stereocenters. The van der Waals surface area contributed by atoms with Gasteiger partial charge in [-0.2, -0.15) is 5.26 Å². The molecule has 2 atom stereocenters. The Hall–Kier alpha value is -3.02. The first kappa shape index (κ1) is 18.3. The number of aromatic nitrogens is 3. The summed E-state index contributed by atoms with van der Waals surface area (Å²) >= 11 is 0. The zero-order valence-electron chi connectivity index (χ0n) is 15.4. The van der Waals surface area contributed by atoms with Gasteiger partial charge in [-0.1, -0.05) is 6.07 Å². The summed E-state index contributed by atoms with van der Waals surface area (Å²) in [6, 6.07) is 11.1. The van der Waals surface area contributed by atoms with E-state index in [1.165, 1.54) is 0 Å². The van der Waals surface area contributed by atoms with Gasteiger partial charge in [0, 0.05) is 31.9 Å². The second-order valence-corrected chi connectivity index (χ2v) is 6.80. The lowest BCUT2D eigenvalue weighted by molar-refractivity contribution is 0.00863. The van der Waals surface area contributed by atoms with E-state index in [-0.39, 0.29) is 6.61 Å². The molecular weight excluding hydrogens is 361 g/mol. The molecule has 1 N–H and O–H groups in total. The summed E-state index contributed by atoms with van der Waals surface area (Å²) in [5, 5.41) is 8.97. The molecule has 0 radical (unpaired) electrons. The van der Waals surface area contributed by atoms with Crippen LogP contribution in [-0.4, -0.2) is 52.3 Å². The lowest BCUT2D eigenvalue weighted by Crippen LogP contribution is -2.24. The largest absolute Gasteiger partial charge is 0.481 e. The van der Waals surface area contributed by atoms with Crippen molar-refractivity contribution in [3.8, 4) is 11.9 Å². The van der Waals surface area contributed by atoms with Crippen LogP contribution in [0, 0.1) is 11.3 Å². The van der Waals surface area contributed by atoms with E-state index >= 15 is 0 Å². The van der Waals surface area contributed by atoms with E-state index in [1.54, 1.807) is 37.6 Å². The fourth-order valence-corrected chi connectivity index (χ4v) is 3.36. The summed E-state index contributed by atoms with van der Waals surface area (Å²) in [5.41, 5.74) is 3.09. The number of rotatable bonds is 6. The predicted molar refractivity (Wildman–Crippen MR) is 100 cm³/mol. The Morgan fingerprint density at radius 1 is 1.32 bits per heavy atom. The van der Waals surface area contributed by atoms with Crippen LogP contribution in [0.2, 0.25) is 0 Å². The van der Waals surface area contributed by atoms with Gasteiger partial charge in [0.15, 0.2) is 0 Å². The highest BCUT2D eigenvalue weighted by molar-refractivity contribution is 5.76. The van der Waals surface area contributed by atoms with Gasteiger partial charge in [-0.3, -0.25) is 4.90 Å². The molecule has 28 heavy (non-hydrogen) atoms. The molecule has 1 saturated heterocycles. The Morgan fingerprint density at radius 3 is 2.96 bits per heavy atom. The molecule has 3 heterocycles. The number of alkyl halides is 1. The third kappa shape index (κ3) is 3.96. The summed E-state index contributed by atoms with van der Waals surface area (Å²) in [6.07, 6.45) is 0.180. The van der Waals surface area contributed by atoms with Gasteiger partial charge in [-0.15, -0.1) is 0 Å². The van der Waals surface area contributed by atoms with Crippen LogP contribution in [0.4, 0.5) is 4.39 Å². The quantitative estimate of drug-likeness (QED) is 0.706. The minimum atomic E-state index is -1.05. The molecule has 0 spiro atoms. The molecule has 7 nitrogen and oxygen atoms in total. The Morgan fingerprint density at radius 2 is 2.21 bits per heavy atom. The fourth-order valence-electron chi connectivity index (χ4n) is 3.36. The summed E-state index contributed by atoms with van der Waals surface area (Å²) in [7, 11) is 1.57. The van der Waals surface area contributed by atoms with Crippen molar-refractivity contribution in [3.05, 3.63) is 53.5 Å². The summed E-state index contributed by atoms with van der Waals surface area (Å²) in [5.74, 6) is 1.18. The molecule has 0 saturated carbocycles. The van der Waals surface area contributed by atoms with E-state index in [9.17, 15) is 4.39 Å². The third-order valence-electron chi connectivity index (χ3n) is 4.78. The van der Waals surface area contributed by atoms with Crippen LogP contribution in [0.15, 0.2) is 36.5 Å². The van der Waals surface area contributed by atoms with E-state index < -0.39 is 12.3 Å². The standard InChI is InChI=1S/C20H20FN5O2/c1-27-20-5-3-14(8-23-20)9-26-10-15(21)18(11-26)28-12-19-24-16-4-2-13(7-22)6-17(16)25-19/h2-6,8,15,18H,9-12H2,1H3,(H,24,25). The Labute approximate surface area is 161 Å². The van der Waals surface area contributed by atoms with Crippen LogP contribution >= 0.6 is 0 Å². The highest BCUT2D eigenvalue weighted by atomic mass is 19.1. The van der Waals surface area contributed by atoms with E-state index in [4.69, 9.17) is 14.7 Å². The molecular formula is C20H20FN5O2. The zero-order valence-corrected chi connectivity index (χ0v) is 15.4. The smallest absolute Gasteiger partial charge is 0.212 e. The molecule has 144 valence electrons. The number of imidazole rings is 1. The van der Waals surface area contributed by atoms with Crippen molar-refractivity contribution < 1.29 is 13.9 Å². The second-order valence-electron chi connectivity index (χ2n) is 6.80. The number of nitrogens with one attached hydrogen (secondary N) is 1. The third-order valence-corrected chi connectivity index (χ3v) is 4.78. The summed E-state index contributed by atoms with van der Waals surface area (Å²) in [6.45, 7) is 1.63. The number of ether oxygens (including phenoxy) is 2. The van der Waals surface area contributed by atoms with Gasteiger partial charge in [0.25, 0.3) is 0 Å². The average molecular weight is 381 g/mol. The predicted octanol–water partition coefficient (Wildman–Crippen LogP) is 2.58. The maximum Gasteiger partial charge on any atom is 0.212 e. The number of pyridine rings is 1. The number of likely N-dealkylation sites (tertiary alicyclic amines) is 1. The molecule has 8 heteroatoms. The van der Waals surface area contributed by atoms with Gasteiger partial charge >= 0.3 is 0 Å². The molecule has 0 aliphatic carbocycles. The van der Waals surface area contributed by atoms with Crippen LogP contribution in [-0.2, 0) is 17.9 Å². The van der Waals surface area contributed by atoms with Gasteiger partial charge in [-0.05, 0) is 23.8 Å². The monoisotopic (exact) mass is 381 g/mol. The summed E-state index contributed by atoms with van der Waals surface area (Å²) < 4.78 is 25.2. The molecule has 3 aromatic rings. The summed E-state index contributed by atoms with van der Waals surface area (Å²) in [4.78, 5) is 13.7. The lowest BCUT2D eigenvalue weighted by Gasteiger charge is -2.15. The Balaban J connectivity index is 1.34. The van der Waals surface area contributed by atoms with Crippen LogP contribution in [0.1, 0.15) is 17.0 Å². The molecule has 4 rings (SSSR count). The van der Waals surface area contributed by atoms with Gasteiger partial charge < -0.3 is 14.5 Å². The van der Waals surface area contributed by atoms with Crippen LogP contribution in [0.5, 0.6) is 5.88 Å². The number of hydrogen-bond acceptors (Lipinski definition) is 6. The molecule has 0 bridgehead atoms. The normalized spacial score (nSPS) is 19.8. The maximum atomic E-state index is 14.4. The van der Waals surface area contributed by atoms with Gasteiger partial charge in [-0.25, -0.2) is 14.4 Å². The minimum absolute atomic E-state index is 0.194. The SMILES string of the molecule is COc1ccc(CN2CC(F)C(OCc3nc4ccc(C#N)cc4[nH]3)C2)cn1. The zero-order chi connectivity index (χ0) is 19.5. The maximum absolute atomic E-state index is 14.4. The van der Waals surface area contributed by atoms with E-state index in [2.05, 4.69) is 21.0 Å². The number of nitrogens with zero attached hydrogens (tertiary/aromatic N) is 4. The number of halogens is 1. The number of aromatic amines is 1. The number of benzene rings is 1. The van der Waals surface area contributed by atoms with Crippen molar-refractivity contribution in [2.45, 2.75) is 25.4 Å². The molecule has 0 amide bonds. The van der Waals surface area contributed by atoms with Gasteiger partial charge in [0.1, 0.15) is 24.7 Å². The van der Waals surface area contributed by atoms with Crippen molar-refractivity contribution in [1.29, 1.82) is 5.26 Å². The molecule has 1 aromatic carbocycles. The average Bonchev–Trinajstić information content (AvgIpc) is 3.28. The highest BCUT2D eigenvalue weighted by Gasteiger charge is 2.33. The van der Waals surface area contributed by atoms with Crippen LogP contribution < -0.4 is 4.74 Å². The fraction of sp³-hybridized carbons (Fsp3) is 0.350. The second kappa shape index (κ2) is 7.92. The first-order chi connectivity index (χ1) is 13.6. The van der Waals surface area contributed by atoms with Gasteiger partial charge in [0.2, 0.25) is 5.88 Å². The number of hydrogen-bond donors (Lipinski definition) is 1. The Bertz CT molecular complexity index is 998. The first-order valence-electron chi connectivity index (χ1n) is 9.00. The van der Waals surface area contributed by atoms with Crippen molar-refractivity contribution in [2.24, 2.45) is 0 Å².